The van der Waals surface area contributed by atoms with Gasteiger partial charge in [0.2, 0.25) is 5.91 Å². The summed E-state index contributed by atoms with van der Waals surface area (Å²) in [5.74, 6) is -0.443. The summed E-state index contributed by atoms with van der Waals surface area (Å²) < 4.78 is 0.776. The van der Waals surface area contributed by atoms with E-state index >= 15 is 0 Å². The van der Waals surface area contributed by atoms with E-state index in [4.69, 9.17) is 11.6 Å². The molecular formula is C15H12BrClN2O2. The highest BCUT2D eigenvalue weighted by molar-refractivity contribution is 9.10. The number of rotatable bonds is 3. The largest absolute Gasteiger partial charge is 0.326 e. The number of carbonyl (C=O) groups excluding carboxylic acids is 2. The lowest BCUT2D eigenvalue weighted by molar-refractivity contribution is -0.114. The van der Waals surface area contributed by atoms with Gasteiger partial charge < -0.3 is 10.6 Å². The van der Waals surface area contributed by atoms with Gasteiger partial charge in [-0.05, 0) is 42.5 Å². The highest BCUT2D eigenvalue weighted by atomic mass is 79.9. The average Bonchev–Trinajstić information content (AvgIpc) is 2.43. The van der Waals surface area contributed by atoms with Crippen molar-refractivity contribution >= 4 is 50.7 Å². The van der Waals surface area contributed by atoms with Crippen LogP contribution in [0.2, 0.25) is 5.02 Å². The number of hydrogen-bond donors (Lipinski definition) is 2. The summed E-state index contributed by atoms with van der Waals surface area (Å²) in [7, 11) is 0. The van der Waals surface area contributed by atoms with E-state index in [0.717, 1.165) is 4.47 Å². The Labute approximate surface area is 135 Å². The van der Waals surface area contributed by atoms with Crippen molar-refractivity contribution in [1.29, 1.82) is 0 Å². The van der Waals surface area contributed by atoms with E-state index in [1.54, 1.807) is 42.5 Å². The highest BCUT2D eigenvalue weighted by Crippen LogP contribution is 2.22. The number of benzene rings is 2. The monoisotopic (exact) mass is 366 g/mol. The lowest BCUT2D eigenvalue weighted by atomic mass is 10.2. The summed E-state index contributed by atoms with van der Waals surface area (Å²) in [4.78, 5) is 23.1. The van der Waals surface area contributed by atoms with Gasteiger partial charge >= 0.3 is 0 Å². The second-order valence-corrected chi connectivity index (χ2v) is 5.66. The minimum absolute atomic E-state index is 0.146. The Morgan fingerprint density at radius 2 is 1.57 bits per heavy atom. The lowest BCUT2D eigenvalue weighted by Crippen LogP contribution is -2.12. The summed E-state index contributed by atoms with van der Waals surface area (Å²) in [5.41, 5.74) is 1.67. The molecule has 0 atom stereocenters. The first kappa shape index (κ1) is 15.5. The molecule has 0 aromatic heterocycles. The Kier molecular flexibility index (Phi) is 4.98. The number of anilines is 2. The smallest absolute Gasteiger partial charge is 0.257 e. The van der Waals surface area contributed by atoms with Crippen LogP contribution in [0.4, 0.5) is 11.4 Å². The normalized spacial score (nSPS) is 10.0. The second kappa shape index (κ2) is 6.74. The van der Waals surface area contributed by atoms with E-state index in [2.05, 4.69) is 26.6 Å². The molecule has 0 radical (unpaired) electrons. The SMILES string of the molecule is CC(=O)Nc1ccc(NC(=O)c2cc(Br)ccc2Cl)cc1. The molecule has 4 nitrogen and oxygen atoms in total. The van der Waals surface area contributed by atoms with Gasteiger partial charge in [-0.1, -0.05) is 27.5 Å². The van der Waals surface area contributed by atoms with E-state index in [0.29, 0.717) is 22.0 Å². The Balaban J connectivity index is 2.12. The first-order chi connectivity index (χ1) is 9.95. The van der Waals surface area contributed by atoms with E-state index in [9.17, 15) is 9.59 Å². The van der Waals surface area contributed by atoms with Crippen LogP contribution in [-0.4, -0.2) is 11.8 Å². The molecule has 2 amide bonds. The van der Waals surface area contributed by atoms with Crippen LogP contribution in [0.1, 0.15) is 17.3 Å². The van der Waals surface area contributed by atoms with Crippen LogP contribution in [0.25, 0.3) is 0 Å². The zero-order chi connectivity index (χ0) is 15.4. The quantitative estimate of drug-likeness (QED) is 0.849. The predicted octanol–water partition coefficient (Wildman–Crippen LogP) is 4.31. The molecule has 0 aliphatic carbocycles. The molecular weight excluding hydrogens is 356 g/mol. The molecule has 2 N–H and O–H groups in total. The highest BCUT2D eigenvalue weighted by Gasteiger charge is 2.11. The van der Waals surface area contributed by atoms with Crippen LogP contribution in [0, 0.1) is 0 Å². The van der Waals surface area contributed by atoms with Crippen molar-refractivity contribution in [3.63, 3.8) is 0 Å². The maximum absolute atomic E-state index is 12.2. The Morgan fingerprint density at radius 1 is 1.00 bits per heavy atom. The van der Waals surface area contributed by atoms with Gasteiger partial charge in [-0.15, -0.1) is 0 Å². The molecule has 0 spiro atoms. The molecule has 2 aromatic carbocycles. The molecule has 21 heavy (non-hydrogen) atoms. The Morgan fingerprint density at radius 3 is 2.14 bits per heavy atom. The summed E-state index contributed by atoms with van der Waals surface area (Å²) in [6.45, 7) is 1.44. The number of carbonyl (C=O) groups is 2. The van der Waals surface area contributed by atoms with Crippen LogP contribution in [-0.2, 0) is 4.79 Å². The summed E-state index contributed by atoms with van der Waals surface area (Å²) >= 11 is 9.31. The maximum Gasteiger partial charge on any atom is 0.257 e. The molecule has 6 heteroatoms. The minimum atomic E-state index is -0.298. The number of halogens is 2. The third kappa shape index (κ3) is 4.31. The van der Waals surface area contributed by atoms with Gasteiger partial charge in [-0.25, -0.2) is 0 Å². The second-order valence-electron chi connectivity index (χ2n) is 4.34. The average molecular weight is 368 g/mol. The molecule has 0 heterocycles. The molecule has 0 saturated carbocycles. The van der Waals surface area contributed by atoms with Crippen molar-refractivity contribution in [3.05, 3.63) is 57.5 Å². The molecule has 0 unspecified atom stereocenters. The van der Waals surface area contributed by atoms with Crippen LogP contribution in [0.3, 0.4) is 0 Å². The van der Waals surface area contributed by atoms with Crippen molar-refractivity contribution in [1.82, 2.24) is 0 Å². The molecule has 0 aliphatic heterocycles. The van der Waals surface area contributed by atoms with Crippen LogP contribution < -0.4 is 10.6 Å². The van der Waals surface area contributed by atoms with Crippen molar-refractivity contribution in [3.8, 4) is 0 Å². The van der Waals surface area contributed by atoms with Gasteiger partial charge in [0.15, 0.2) is 0 Å². The zero-order valence-corrected chi connectivity index (χ0v) is 13.5. The van der Waals surface area contributed by atoms with Crippen molar-refractivity contribution in [2.75, 3.05) is 10.6 Å². The van der Waals surface area contributed by atoms with Gasteiger partial charge in [0.25, 0.3) is 5.91 Å². The van der Waals surface area contributed by atoms with Crippen LogP contribution in [0.5, 0.6) is 0 Å². The third-order valence-corrected chi connectivity index (χ3v) is 3.46. The van der Waals surface area contributed by atoms with Crippen LogP contribution >= 0.6 is 27.5 Å². The zero-order valence-electron chi connectivity index (χ0n) is 11.1. The van der Waals surface area contributed by atoms with E-state index in [1.165, 1.54) is 6.92 Å². The standard InChI is InChI=1S/C15H12BrClN2O2/c1-9(20)18-11-3-5-12(6-4-11)19-15(21)13-8-10(16)2-7-14(13)17/h2-8H,1H3,(H,18,20)(H,19,21). The molecule has 0 saturated heterocycles. The van der Waals surface area contributed by atoms with Gasteiger partial charge in [0, 0.05) is 22.8 Å². The van der Waals surface area contributed by atoms with Gasteiger partial charge in [0.05, 0.1) is 10.6 Å². The van der Waals surface area contributed by atoms with Crippen molar-refractivity contribution in [2.24, 2.45) is 0 Å². The minimum Gasteiger partial charge on any atom is -0.326 e. The van der Waals surface area contributed by atoms with Gasteiger partial charge in [-0.2, -0.15) is 0 Å². The van der Waals surface area contributed by atoms with Gasteiger partial charge in [-0.3, -0.25) is 9.59 Å². The fourth-order valence-electron chi connectivity index (χ4n) is 1.71. The van der Waals surface area contributed by atoms with Crippen molar-refractivity contribution in [2.45, 2.75) is 6.92 Å². The van der Waals surface area contributed by atoms with E-state index < -0.39 is 0 Å². The molecule has 0 fully saturated rings. The Bertz CT molecular complexity index is 687. The first-order valence-electron chi connectivity index (χ1n) is 6.10. The fraction of sp³-hybridized carbons (Fsp3) is 0.0667. The van der Waals surface area contributed by atoms with Crippen molar-refractivity contribution < 1.29 is 9.59 Å². The first-order valence-corrected chi connectivity index (χ1v) is 7.27. The summed E-state index contributed by atoms with van der Waals surface area (Å²) in [6, 6.07) is 11.9. The third-order valence-electron chi connectivity index (χ3n) is 2.64. The Hall–Kier alpha value is -1.85. The van der Waals surface area contributed by atoms with E-state index in [-0.39, 0.29) is 11.8 Å². The summed E-state index contributed by atoms with van der Waals surface area (Å²) in [6.07, 6.45) is 0. The number of hydrogen-bond acceptors (Lipinski definition) is 2. The molecule has 0 aliphatic rings. The molecule has 2 aromatic rings. The number of nitrogens with one attached hydrogen (secondary N) is 2. The molecule has 108 valence electrons. The lowest BCUT2D eigenvalue weighted by Gasteiger charge is -2.08. The number of amides is 2. The fourth-order valence-corrected chi connectivity index (χ4v) is 2.27. The topological polar surface area (TPSA) is 58.2 Å². The van der Waals surface area contributed by atoms with Gasteiger partial charge in [0.1, 0.15) is 0 Å². The summed E-state index contributed by atoms with van der Waals surface area (Å²) in [5, 5.41) is 5.78. The maximum atomic E-state index is 12.2. The predicted molar refractivity (Wildman–Crippen MR) is 87.9 cm³/mol. The molecule has 0 bridgehead atoms. The van der Waals surface area contributed by atoms with Crippen LogP contribution in [0.15, 0.2) is 46.9 Å². The molecule has 2 rings (SSSR count). The van der Waals surface area contributed by atoms with E-state index in [1.807, 2.05) is 0 Å².